The van der Waals surface area contributed by atoms with E-state index in [-0.39, 0.29) is 18.9 Å². The molecule has 0 aliphatic carbocycles. The van der Waals surface area contributed by atoms with Crippen LogP contribution in [0.2, 0.25) is 0 Å². The van der Waals surface area contributed by atoms with E-state index in [1.807, 2.05) is 33.3 Å². The maximum atomic E-state index is 13.6. The molecular formula is C73H125N2O7P. The molecule has 83 heavy (non-hydrogen) atoms. The van der Waals surface area contributed by atoms with E-state index in [0.717, 1.165) is 122 Å². The zero-order chi connectivity index (χ0) is 60.7. The van der Waals surface area contributed by atoms with Crippen molar-refractivity contribution in [2.75, 3.05) is 40.9 Å². The molecule has 0 saturated heterocycles. The minimum absolute atomic E-state index is 0.0382. The van der Waals surface area contributed by atoms with Gasteiger partial charge in [-0.2, -0.15) is 0 Å². The third-order valence-corrected chi connectivity index (χ3v) is 15.0. The maximum absolute atomic E-state index is 13.6. The van der Waals surface area contributed by atoms with Gasteiger partial charge in [0.2, 0.25) is 5.91 Å². The number of phosphoric ester groups is 1. The van der Waals surface area contributed by atoms with Gasteiger partial charge in [0.1, 0.15) is 19.3 Å². The summed E-state index contributed by atoms with van der Waals surface area (Å²) in [5.41, 5.74) is 0. The third kappa shape index (κ3) is 62.5. The second-order valence-corrected chi connectivity index (χ2v) is 24.6. The lowest BCUT2D eigenvalue weighted by Gasteiger charge is -2.30. The summed E-state index contributed by atoms with van der Waals surface area (Å²) in [6, 6.07) is -0.923. The van der Waals surface area contributed by atoms with Crippen LogP contribution < -0.4 is 10.2 Å². The monoisotopic (exact) mass is 1170 g/mol. The topological polar surface area (TPSA) is 114 Å². The average molecular weight is 1170 g/mol. The quantitative estimate of drug-likeness (QED) is 0.0212. The van der Waals surface area contributed by atoms with E-state index in [0.29, 0.717) is 23.9 Å². The fourth-order valence-electron chi connectivity index (χ4n) is 9.00. The molecule has 10 heteroatoms. The van der Waals surface area contributed by atoms with Crippen molar-refractivity contribution in [1.29, 1.82) is 0 Å². The van der Waals surface area contributed by atoms with Gasteiger partial charge in [-0.1, -0.05) is 270 Å². The van der Waals surface area contributed by atoms with Crippen LogP contribution in [0.25, 0.3) is 0 Å². The van der Waals surface area contributed by atoms with Crippen LogP contribution in [0.1, 0.15) is 265 Å². The van der Waals surface area contributed by atoms with Gasteiger partial charge in [-0.05, 0) is 115 Å². The van der Waals surface area contributed by atoms with Crippen LogP contribution in [-0.4, -0.2) is 69.4 Å². The fourth-order valence-corrected chi connectivity index (χ4v) is 9.72. The summed E-state index contributed by atoms with van der Waals surface area (Å²) >= 11 is 0. The lowest BCUT2D eigenvalue weighted by Crippen LogP contribution is -2.47. The van der Waals surface area contributed by atoms with Crippen molar-refractivity contribution in [2.24, 2.45) is 0 Å². The highest BCUT2D eigenvalue weighted by atomic mass is 31.2. The van der Waals surface area contributed by atoms with Crippen molar-refractivity contribution in [1.82, 2.24) is 5.32 Å². The van der Waals surface area contributed by atoms with Crippen LogP contribution >= 0.6 is 7.82 Å². The molecule has 0 spiro atoms. The Kier molecular flexibility index (Phi) is 58.4. The van der Waals surface area contributed by atoms with E-state index in [1.165, 1.54) is 103 Å². The lowest BCUT2D eigenvalue weighted by atomic mass is 10.0. The number of carbonyl (C=O) groups is 2. The van der Waals surface area contributed by atoms with E-state index in [4.69, 9.17) is 13.8 Å². The summed E-state index contributed by atoms with van der Waals surface area (Å²) in [4.78, 5) is 40.1. The fraction of sp³-hybridized carbons (Fsp3) is 0.671. The van der Waals surface area contributed by atoms with Crippen molar-refractivity contribution in [2.45, 2.75) is 277 Å². The number of ether oxygens (including phenoxy) is 1. The maximum Gasteiger partial charge on any atom is 0.306 e. The largest absolute Gasteiger partial charge is 0.756 e. The number of esters is 1. The molecule has 9 nitrogen and oxygen atoms in total. The Labute approximate surface area is 511 Å². The molecule has 0 radical (unpaired) electrons. The molecule has 0 saturated carbocycles. The highest BCUT2D eigenvalue weighted by molar-refractivity contribution is 7.45. The number of unbranched alkanes of at least 4 members (excludes halogenated alkanes) is 23. The second kappa shape index (κ2) is 61.2. The molecule has 3 atom stereocenters. The first kappa shape index (κ1) is 79.2. The molecule has 474 valence electrons. The van der Waals surface area contributed by atoms with Gasteiger partial charge in [-0.15, -0.1) is 0 Å². The SMILES string of the molecule is CC/C=C\C/C=C\C/C=C\C/C=C\C/C=C\CCCCCCCCCCCCCC(=O)NC(COP(=O)([O-])OCC[N+](C)(C)C)C(/C=C\CCCCCCCCCCCCC)OC(=O)CCC/C=C\C/C=C\C/C=C\C/C=C\C/C=C\CC. The minimum Gasteiger partial charge on any atom is -0.756 e. The van der Waals surface area contributed by atoms with E-state index < -0.39 is 32.5 Å². The Morgan fingerprint density at radius 2 is 0.783 bits per heavy atom. The van der Waals surface area contributed by atoms with Gasteiger partial charge in [-0.3, -0.25) is 14.2 Å². The smallest absolute Gasteiger partial charge is 0.306 e. The first-order valence-electron chi connectivity index (χ1n) is 33.5. The number of quaternary nitrogens is 1. The molecule has 0 aromatic heterocycles. The Morgan fingerprint density at radius 3 is 1.18 bits per heavy atom. The predicted molar refractivity (Wildman–Crippen MR) is 357 cm³/mol. The number of likely N-dealkylation sites (N-methyl/N-ethyl adjacent to an activating group) is 1. The standard InChI is InChI=1S/C73H125N2O7P/c1-7-10-13-16-19-22-25-28-30-32-33-34-35-36-37-38-39-40-41-43-44-47-50-53-56-59-62-65-72(76)74-70(69-81-83(78,79)80-68-67-75(4,5)6)71(64-61-58-55-52-49-46-27-24-21-18-15-12-9-3)82-73(77)66-63-60-57-54-51-48-45-42-31-29-26-23-20-17-14-11-8-2/h10-11,13-14,19-20,22-23,28-31,33-34,36-37,45,48,54,57,61,64,70-71H,7-9,12,15-18,21,24-27,32,35,38-44,46-47,49-53,55-56,58-60,62-63,65-69H2,1-6H3,(H-,74,76,78,79)/b13-10-,14-11-,22-19-,23-20-,30-28-,31-29-,34-33-,37-36-,48-45-,57-54-,64-61-. The van der Waals surface area contributed by atoms with Gasteiger partial charge in [0.05, 0.1) is 33.8 Å². The highest BCUT2D eigenvalue weighted by Gasteiger charge is 2.27. The van der Waals surface area contributed by atoms with Gasteiger partial charge in [-0.25, -0.2) is 0 Å². The highest BCUT2D eigenvalue weighted by Crippen LogP contribution is 2.38. The van der Waals surface area contributed by atoms with Crippen LogP contribution in [0.5, 0.6) is 0 Å². The number of hydrogen-bond acceptors (Lipinski definition) is 7. The van der Waals surface area contributed by atoms with Crippen molar-refractivity contribution < 1.29 is 37.3 Å². The summed E-state index contributed by atoms with van der Waals surface area (Å²) < 4.78 is 30.3. The van der Waals surface area contributed by atoms with E-state index in [9.17, 15) is 19.0 Å². The number of carbonyl (C=O) groups excluding carboxylic acids is 2. The normalized spacial score (nSPS) is 14.4. The Bertz CT molecular complexity index is 1880. The van der Waals surface area contributed by atoms with Crippen molar-refractivity contribution in [3.8, 4) is 0 Å². The Morgan fingerprint density at radius 1 is 0.434 bits per heavy atom. The first-order valence-corrected chi connectivity index (χ1v) is 35.0. The van der Waals surface area contributed by atoms with Gasteiger partial charge >= 0.3 is 5.97 Å². The zero-order valence-corrected chi connectivity index (χ0v) is 55.0. The number of nitrogens with zero attached hydrogens (tertiary/aromatic N) is 1. The van der Waals surface area contributed by atoms with Gasteiger partial charge in [0.25, 0.3) is 7.82 Å². The summed E-state index contributed by atoms with van der Waals surface area (Å²) in [5, 5.41) is 3.02. The number of amides is 1. The van der Waals surface area contributed by atoms with E-state index >= 15 is 0 Å². The molecule has 0 aliphatic heterocycles. The molecule has 1 N–H and O–H groups in total. The summed E-state index contributed by atoms with van der Waals surface area (Å²) in [6.45, 7) is 6.57. The van der Waals surface area contributed by atoms with E-state index in [2.05, 4.69) is 148 Å². The van der Waals surface area contributed by atoms with Crippen LogP contribution in [0.15, 0.2) is 134 Å². The Balaban J connectivity index is 5.20. The van der Waals surface area contributed by atoms with Crippen molar-refractivity contribution >= 4 is 19.7 Å². The number of phosphoric acid groups is 1. The first-order chi connectivity index (χ1) is 40.4. The van der Waals surface area contributed by atoms with Gasteiger partial charge in [0.15, 0.2) is 0 Å². The zero-order valence-electron chi connectivity index (χ0n) is 54.1. The van der Waals surface area contributed by atoms with E-state index in [1.54, 1.807) is 0 Å². The van der Waals surface area contributed by atoms with Gasteiger partial charge < -0.3 is 28.5 Å². The molecule has 0 rings (SSSR count). The lowest BCUT2D eigenvalue weighted by molar-refractivity contribution is -0.870. The molecule has 0 aromatic carbocycles. The number of rotatable bonds is 59. The molecule has 3 unspecified atom stereocenters. The molecular weight excluding hydrogens is 1050 g/mol. The Hall–Kier alpha value is -3.85. The molecule has 0 bridgehead atoms. The minimum atomic E-state index is -4.72. The van der Waals surface area contributed by atoms with Crippen LogP contribution in [0.3, 0.4) is 0 Å². The van der Waals surface area contributed by atoms with Gasteiger partial charge in [0, 0.05) is 12.8 Å². The molecule has 0 aliphatic rings. The summed E-state index contributed by atoms with van der Waals surface area (Å²) in [7, 11) is 1.14. The summed E-state index contributed by atoms with van der Waals surface area (Å²) in [6.07, 6.45) is 87.2. The molecule has 0 aromatic rings. The van der Waals surface area contributed by atoms with Crippen LogP contribution in [0, 0.1) is 0 Å². The molecule has 0 heterocycles. The number of hydrogen-bond donors (Lipinski definition) is 1. The van der Waals surface area contributed by atoms with Crippen molar-refractivity contribution in [3.63, 3.8) is 0 Å². The van der Waals surface area contributed by atoms with Crippen LogP contribution in [0.4, 0.5) is 0 Å². The molecule has 1 amide bonds. The molecule has 0 fully saturated rings. The van der Waals surface area contributed by atoms with Crippen LogP contribution in [-0.2, 0) is 27.9 Å². The van der Waals surface area contributed by atoms with Crippen molar-refractivity contribution in [3.05, 3.63) is 134 Å². The number of allylic oxidation sites excluding steroid dienone is 21. The third-order valence-electron chi connectivity index (χ3n) is 14.1. The predicted octanol–water partition coefficient (Wildman–Crippen LogP) is 20.6. The number of nitrogens with one attached hydrogen (secondary N) is 1. The second-order valence-electron chi connectivity index (χ2n) is 23.2. The average Bonchev–Trinajstić information content (AvgIpc) is 3.47. The summed E-state index contributed by atoms with van der Waals surface area (Å²) in [5.74, 6) is -0.618.